The second-order valence-corrected chi connectivity index (χ2v) is 9.40. The van der Waals surface area contributed by atoms with E-state index in [2.05, 4.69) is 27.2 Å². The highest BCUT2D eigenvalue weighted by atomic mass is 127. The Labute approximate surface area is 193 Å². The number of β-lactam (4-membered cyclic amide) rings is 1. The van der Waals surface area contributed by atoms with Crippen LogP contribution in [0, 0.1) is 15.4 Å². The van der Waals surface area contributed by atoms with Crippen molar-refractivity contribution in [1.82, 2.24) is 9.47 Å². The predicted molar refractivity (Wildman–Crippen MR) is 119 cm³/mol. The lowest BCUT2D eigenvalue weighted by molar-refractivity contribution is -0.671. The van der Waals surface area contributed by atoms with Gasteiger partial charge in [-0.05, 0) is 47.2 Å². The van der Waals surface area contributed by atoms with Crippen molar-refractivity contribution in [3.05, 3.63) is 57.3 Å². The van der Waals surface area contributed by atoms with E-state index >= 15 is 0 Å². The Morgan fingerprint density at radius 2 is 2.13 bits per heavy atom. The summed E-state index contributed by atoms with van der Waals surface area (Å²) in [7, 11) is 1.97. The fourth-order valence-corrected chi connectivity index (χ4v) is 5.29. The van der Waals surface area contributed by atoms with Crippen LogP contribution in [0.15, 0.2) is 48.2 Å². The maximum atomic E-state index is 12.4. The summed E-state index contributed by atoms with van der Waals surface area (Å²) in [5, 5.41) is 19.7. The number of aromatic nitrogens is 2. The number of aliphatic hydroxyl groups is 1. The van der Waals surface area contributed by atoms with Crippen molar-refractivity contribution in [2.24, 2.45) is 18.9 Å². The van der Waals surface area contributed by atoms with Gasteiger partial charge in [0.25, 0.3) is 0 Å². The lowest BCUT2D eigenvalue weighted by atomic mass is 9.78. The van der Waals surface area contributed by atoms with Gasteiger partial charge < -0.3 is 19.8 Å². The summed E-state index contributed by atoms with van der Waals surface area (Å²) >= 11 is 2.21. The highest BCUT2D eigenvalue weighted by molar-refractivity contribution is 14.1. The first kappa shape index (κ1) is 21.8. The third kappa shape index (κ3) is 3.84. The van der Waals surface area contributed by atoms with Crippen LogP contribution >= 0.6 is 22.6 Å². The maximum absolute atomic E-state index is 12.4. The Morgan fingerprint density at radius 3 is 2.71 bits per heavy atom. The van der Waals surface area contributed by atoms with Gasteiger partial charge >= 0.3 is 5.97 Å². The first-order valence-electron chi connectivity index (χ1n) is 10.1. The number of carbonyl (C=O) groups excluding carboxylic acids is 1. The number of amides is 1. The summed E-state index contributed by atoms with van der Waals surface area (Å²) in [6.07, 6.45) is 5.17. The maximum Gasteiger partial charge on any atom is 0.352 e. The lowest BCUT2D eigenvalue weighted by Crippen LogP contribution is -2.63. The first-order chi connectivity index (χ1) is 14.7. The monoisotopic (exact) mass is 538 g/mol. The van der Waals surface area contributed by atoms with Gasteiger partial charge in [0.2, 0.25) is 12.2 Å². The molecular formula is C22H25IN3O5+. The van der Waals surface area contributed by atoms with Crippen molar-refractivity contribution in [2.75, 3.05) is 6.61 Å². The van der Waals surface area contributed by atoms with Crippen molar-refractivity contribution in [3.8, 4) is 5.75 Å². The minimum atomic E-state index is -1.14. The number of ether oxygens (including phenoxy) is 1. The minimum absolute atomic E-state index is 0.00786. The molecule has 4 rings (SSSR count). The zero-order valence-corrected chi connectivity index (χ0v) is 19.7. The molecule has 0 saturated carbocycles. The van der Waals surface area contributed by atoms with Crippen molar-refractivity contribution in [3.63, 3.8) is 0 Å². The summed E-state index contributed by atoms with van der Waals surface area (Å²) in [6, 6.07) is 5.59. The van der Waals surface area contributed by atoms with Crippen LogP contribution in [0.3, 0.4) is 0 Å². The number of carboxylic acid groups (broad SMARTS) is 1. The first-order valence-corrected chi connectivity index (χ1v) is 11.2. The largest absolute Gasteiger partial charge is 0.488 e. The van der Waals surface area contributed by atoms with Crippen molar-refractivity contribution in [2.45, 2.75) is 32.5 Å². The number of carbonyl (C=O) groups is 2. The lowest BCUT2D eigenvalue weighted by Gasteiger charge is -2.46. The standard InChI is InChI=1S/C22H24IN3O5/c1-12-15(20(22(29)30)26-19(12)18(13(2)27)21(26)28)10-31-17-5-4-14(8-16(17)23)9-25-7-6-24(3)11-25/h4-8,11-13,18-19,27H,9-10H2,1-3H3/p+1/t12?,13?,18-,19-/m1/s1. The van der Waals surface area contributed by atoms with Gasteiger partial charge in [0.05, 0.1) is 28.7 Å². The highest BCUT2D eigenvalue weighted by Gasteiger charge is 2.59. The Hall–Kier alpha value is -2.40. The van der Waals surface area contributed by atoms with E-state index in [1.54, 1.807) is 6.92 Å². The number of nitrogens with zero attached hydrogens (tertiary/aromatic N) is 3. The molecule has 8 nitrogen and oxygen atoms in total. The molecule has 2 unspecified atom stereocenters. The van der Waals surface area contributed by atoms with E-state index in [-0.39, 0.29) is 30.2 Å². The van der Waals surface area contributed by atoms with Gasteiger partial charge in [-0.1, -0.05) is 13.0 Å². The Balaban J connectivity index is 1.50. The van der Waals surface area contributed by atoms with E-state index in [0.29, 0.717) is 11.3 Å². The van der Waals surface area contributed by atoms with E-state index in [4.69, 9.17) is 4.74 Å². The molecule has 9 heteroatoms. The Morgan fingerprint density at radius 1 is 1.39 bits per heavy atom. The smallest absolute Gasteiger partial charge is 0.352 e. The molecule has 0 bridgehead atoms. The quantitative estimate of drug-likeness (QED) is 0.317. The van der Waals surface area contributed by atoms with E-state index in [9.17, 15) is 19.8 Å². The van der Waals surface area contributed by atoms with Gasteiger partial charge in [0.15, 0.2) is 0 Å². The number of hydrogen-bond acceptors (Lipinski definition) is 4. The number of benzene rings is 1. The second kappa shape index (κ2) is 8.27. The van der Waals surface area contributed by atoms with Gasteiger partial charge in [-0.25, -0.2) is 13.9 Å². The van der Waals surface area contributed by atoms with E-state index in [0.717, 1.165) is 15.7 Å². The molecule has 1 saturated heterocycles. The summed E-state index contributed by atoms with van der Waals surface area (Å²) in [4.78, 5) is 25.6. The van der Waals surface area contributed by atoms with Gasteiger partial charge in [-0.2, -0.15) is 0 Å². The van der Waals surface area contributed by atoms with Crippen LogP contribution in [0.25, 0.3) is 0 Å². The molecule has 4 atom stereocenters. The third-order valence-corrected chi connectivity index (χ3v) is 6.93. The predicted octanol–water partition coefficient (Wildman–Crippen LogP) is 1.54. The number of hydrogen-bond donors (Lipinski definition) is 2. The normalized spacial score (nSPS) is 23.6. The number of fused-ring (bicyclic) bond motifs is 1. The van der Waals surface area contributed by atoms with Crippen LogP contribution < -0.4 is 9.30 Å². The molecule has 0 radical (unpaired) electrons. The molecule has 1 amide bonds. The van der Waals surface area contributed by atoms with Crippen molar-refractivity contribution in [1.29, 1.82) is 0 Å². The molecule has 3 heterocycles. The fourth-order valence-electron chi connectivity index (χ4n) is 4.56. The second-order valence-electron chi connectivity index (χ2n) is 8.24. The molecule has 1 fully saturated rings. The molecule has 2 aromatic rings. The molecule has 0 aliphatic carbocycles. The zero-order chi connectivity index (χ0) is 22.4. The van der Waals surface area contributed by atoms with Crippen molar-refractivity contribution < 1.29 is 29.1 Å². The Bertz CT molecular complexity index is 1080. The van der Waals surface area contributed by atoms with Crippen LogP contribution in [0.2, 0.25) is 0 Å². The fraction of sp³-hybridized carbons (Fsp3) is 0.409. The summed E-state index contributed by atoms with van der Waals surface area (Å²) < 4.78 is 11.0. The number of halogens is 1. The molecule has 0 spiro atoms. The number of imidazole rings is 1. The van der Waals surface area contributed by atoms with Gasteiger partial charge in [-0.3, -0.25) is 4.79 Å². The highest BCUT2D eigenvalue weighted by Crippen LogP contribution is 2.47. The third-order valence-electron chi connectivity index (χ3n) is 6.09. The zero-order valence-electron chi connectivity index (χ0n) is 17.5. The number of aliphatic carboxylic acids is 1. The van der Waals surface area contributed by atoms with Crippen molar-refractivity contribution >= 4 is 34.5 Å². The average Bonchev–Trinajstić information content (AvgIpc) is 3.20. The topological polar surface area (TPSA) is 95.9 Å². The minimum Gasteiger partial charge on any atom is -0.488 e. The molecule has 31 heavy (non-hydrogen) atoms. The molecule has 2 aliphatic heterocycles. The molecule has 1 aromatic carbocycles. The summed E-state index contributed by atoms with van der Waals surface area (Å²) in [5.41, 5.74) is 1.70. The number of rotatable bonds is 7. The van der Waals surface area contributed by atoms with Crippen LogP contribution in [-0.4, -0.2) is 50.3 Å². The van der Waals surface area contributed by atoms with E-state index in [1.165, 1.54) is 4.90 Å². The summed E-state index contributed by atoms with van der Waals surface area (Å²) in [6.45, 7) is 4.28. The summed E-state index contributed by atoms with van der Waals surface area (Å²) in [5.74, 6) is -1.59. The average molecular weight is 538 g/mol. The van der Waals surface area contributed by atoms with Crippen LogP contribution in [-0.2, 0) is 23.2 Å². The molecule has 2 N–H and O–H groups in total. The SMILES string of the molecule is CC(O)[C@H]1C(=O)N2C(C(=O)O)=C(COc3ccc(Cn4cc[n+](C)c4)cc3I)C(C)[C@H]12. The number of carboxylic acids is 1. The molecule has 164 valence electrons. The Kier molecular flexibility index (Phi) is 5.82. The van der Waals surface area contributed by atoms with Crippen LogP contribution in [0.1, 0.15) is 19.4 Å². The van der Waals surface area contributed by atoms with Gasteiger partial charge in [0, 0.05) is 11.5 Å². The van der Waals surface area contributed by atoms with E-state index < -0.39 is 18.0 Å². The van der Waals surface area contributed by atoms with E-state index in [1.807, 2.05) is 55.5 Å². The molecular weight excluding hydrogens is 513 g/mol. The molecule has 2 aliphatic rings. The van der Waals surface area contributed by atoms with Gasteiger partial charge in [-0.15, -0.1) is 0 Å². The van der Waals surface area contributed by atoms with Gasteiger partial charge in [0.1, 0.15) is 37.0 Å². The molecule has 1 aromatic heterocycles. The van der Waals surface area contributed by atoms with Crippen LogP contribution in [0.5, 0.6) is 5.75 Å². The number of aryl methyl sites for hydroxylation is 1. The van der Waals surface area contributed by atoms with Crippen LogP contribution in [0.4, 0.5) is 0 Å². The number of aliphatic hydroxyl groups excluding tert-OH is 1.